The Morgan fingerprint density at radius 2 is 1.72 bits per heavy atom. The Balaban J connectivity index is 2.01. The summed E-state index contributed by atoms with van der Waals surface area (Å²) in [7, 11) is 0. The normalized spacial score (nSPS) is 20.4. The van der Waals surface area contributed by atoms with E-state index in [0.717, 1.165) is 25.7 Å². The highest BCUT2D eigenvalue weighted by atomic mass is 19.2. The van der Waals surface area contributed by atoms with Crippen LogP contribution in [-0.4, -0.2) is 6.61 Å². The van der Waals surface area contributed by atoms with Crippen LogP contribution >= 0.6 is 0 Å². The maximum atomic E-state index is 14.6. The third kappa shape index (κ3) is 3.30. The summed E-state index contributed by atoms with van der Waals surface area (Å²) in [5.41, 5.74) is 0.340. The zero-order valence-corrected chi connectivity index (χ0v) is 14.0. The van der Waals surface area contributed by atoms with E-state index < -0.39 is 17.5 Å². The minimum absolute atomic E-state index is 0.0464. The van der Waals surface area contributed by atoms with Gasteiger partial charge in [0.05, 0.1) is 5.39 Å². The van der Waals surface area contributed by atoms with Crippen molar-refractivity contribution in [3.05, 3.63) is 66.5 Å². The molecule has 0 unspecified atom stereocenters. The Bertz CT molecular complexity index is 805. The summed E-state index contributed by atoms with van der Waals surface area (Å²) in [5.74, 6) is -2.68. The van der Waals surface area contributed by atoms with E-state index in [0.29, 0.717) is 16.9 Å². The zero-order chi connectivity index (χ0) is 18.0. The van der Waals surface area contributed by atoms with Crippen molar-refractivity contribution in [2.45, 2.75) is 31.6 Å². The van der Waals surface area contributed by atoms with Crippen LogP contribution in [0, 0.1) is 23.4 Å². The van der Waals surface area contributed by atoms with Gasteiger partial charge in [-0.3, -0.25) is 0 Å². The molecule has 0 saturated heterocycles. The smallest absolute Gasteiger partial charge is 0.175 e. The molecule has 25 heavy (non-hydrogen) atoms. The standard InChI is InChI=1S/C21H21F3O/c1-3-11-25-17-10-9-15-12-16(14-7-5-13(4-2)6-8-14)19(22)21(24)18(15)20(17)23/h3-4,9-10,12-14H,1-2,5-8,11H2. The van der Waals surface area contributed by atoms with Crippen LogP contribution in [0.4, 0.5) is 13.2 Å². The van der Waals surface area contributed by atoms with Crippen molar-refractivity contribution in [2.24, 2.45) is 5.92 Å². The van der Waals surface area contributed by atoms with E-state index in [4.69, 9.17) is 4.74 Å². The molecule has 2 aromatic rings. The number of halogens is 3. The summed E-state index contributed by atoms with van der Waals surface area (Å²) >= 11 is 0. The van der Waals surface area contributed by atoms with Crippen LogP contribution in [0.3, 0.4) is 0 Å². The quantitative estimate of drug-likeness (QED) is 0.579. The highest BCUT2D eigenvalue weighted by Gasteiger charge is 2.27. The molecule has 0 bridgehead atoms. The Hall–Kier alpha value is -2.23. The first kappa shape index (κ1) is 17.6. The summed E-state index contributed by atoms with van der Waals surface area (Å²) in [5, 5.41) is -0.00853. The average molecular weight is 346 g/mol. The van der Waals surface area contributed by atoms with Crippen LogP contribution in [0.2, 0.25) is 0 Å². The molecule has 2 aromatic carbocycles. The van der Waals surface area contributed by atoms with Gasteiger partial charge in [0.25, 0.3) is 0 Å². The fraction of sp³-hybridized carbons (Fsp3) is 0.333. The molecule has 1 aliphatic carbocycles. The summed E-state index contributed by atoms with van der Waals surface area (Å²) in [6.45, 7) is 7.38. The molecule has 0 radical (unpaired) electrons. The van der Waals surface area contributed by atoms with Crippen LogP contribution in [0.25, 0.3) is 10.8 Å². The van der Waals surface area contributed by atoms with E-state index >= 15 is 0 Å². The Kier molecular flexibility index (Phi) is 5.16. The zero-order valence-electron chi connectivity index (χ0n) is 14.0. The predicted octanol–water partition coefficient (Wildman–Crippen LogP) is 6.28. The first-order valence-corrected chi connectivity index (χ1v) is 8.53. The topological polar surface area (TPSA) is 9.23 Å². The van der Waals surface area contributed by atoms with E-state index in [-0.39, 0.29) is 23.7 Å². The van der Waals surface area contributed by atoms with E-state index in [1.807, 2.05) is 6.08 Å². The van der Waals surface area contributed by atoms with Gasteiger partial charge in [-0.05, 0) is 60.6 Å². The lowest BCUT2D eigenvalue weighted by atomic mass is 9.78. The van der Waals surface area contributed by atoms with Crippen LogP contribution in [0.15, 0.2) is 43.5 Å². The van der Waals surface area contributed by atoms with E-state index in [1.54, 1.807) is 12.1 Å². The van der Waals surface area contributed by atoms with E-state index in [1.165, 1.54) is 12.1 Å². The fourth-order valence-corrected chi connectivity index (χ4v) is 3.61. The molecule has 0 spiro atoms. The second-order valence-corrected chi connectivity index (χ2v) is 6.52. The van der Waals surface area contributed by atoms with Gasteiger partial charge in [0.15, 0.2) is 23.2 Å². The molecular weight excluding hydrogens is 325 g/mol. The van der Waals surface area contributed by atoms with Gasteiger partial charge in [0.1, 0.15) is 6.61 Å². The van der Waals surface area contributed by atoms with Crippen molar-refractivity contribution in [3.8, 4) is 5.75 Å². The Morgan fingerprint density at radius 3 is 2.36 bits per heavy atom. The number of allylic oxidation sites excluding steroid dienone is 1. The Labute approximate surface area is 145 Å². The van der Waals surface area contributed by atoms with Crippen LogP contribution < -0.4 is 4.74 Å². The number of ether oxygens (including phenoxy) is 1. The van der Waals surface area contributed by atoms with Gasteiger partial charge in [-0.25, -0.2) is 13.2 Å². The van der Waals surface area contributed by atoms with Gasteiger partial charge >= 0.3 is 0 Å². The van der Waals surface area contributed by atoms with Crippen LogP contribution in [0.5, 0.6) is 5.75 Å². The molecule has 3 rings (SSSR count). The Morgan fingerprint density at radius 1 is 1.00 bits per heavy atom. The van der Waals surface area contributed by atoms with Gasteiger partial charge in [-0.2, -0.15) is 0 Å². The lowest BCUT2D eigenvalue weighted by Crippen LogP contribution is -2.13. The number of fused-ring (bicyclic) bond motifs is 1. The van der Waals surface area contributed by atoms with Gasteiger partial charge in [0.2, 0.25) is 0 Å². The molecule has 4 heteroatoms. The molecule has 0 aromatic heterocycles. The monoisotopic (exact) mass is 346 g/mol. The largest absolute Gasteiger partial charge is 0.486 e. The minimum atomic E-state index is -1.14. The lowest BCUT2D eigenvalue weighted by Gasteiger charge is -2.27. The summed E-state index contributed by atoms with van der Waals surface area (Å²) in [4.78, 5) is 0. The second-order valence-electron chi connectivity index (χ2n) is 6.52. The third-order valence-electron chi connectivity index (χ3n) is 5.02. The molecule has 1 nitrogen and oxygen atoms in total. The molecule has 0 amide bonds. The van der Waals surface area contributed by atoms with Crippen molar-refractivity contribution < 1.29 is 17.9 Å². The van der Waals surface area contributed by atoms with Gasteiger partial charge in [0, 0.05) is 0 Å². The van der Waals surface area contributed by atoms with Crippen LogP contribution in [0.1, 0.15) is 37.2 Å². The maximum Gasteiger partial charge on any atom is 0.175 e. The first-order chi connectivity index (χ1) is 12.1. The number of hydrogen-bond donors (Lipinski definition) is 0. The maximum absolute atomic E-state index is 14.6. The summed E-state index contributed by atoms with van der Waals surface area (Å²) < 4.78 is 48.9. The molecule has 0 N–H and O–H groups in total. The van der Waals surface area contributed by atoms with Crippen molar-refractivity contribution in [2.75, 3.05) is 6.61 Å². The molecule has 1 fully saturated rings. The molecule has 0 aliphatic heterocycles. The molecule has 0 atom stereocenters. The summed E-state index contributed by atoms with van der Waals surface area (Å²) in [6.07, 6.45) is 6.77. The minimum Gasteiger partial charge on any atom is -0.486 e. The second kappa shape index (κ2) is 7.34. The predicted molar refractivity (Wildman–Crippen MR) is 94.4 cm³/mol. The summed E-state index contributed by atoms with van der Waals surface area (Å²) in [6, 6.07) is 4.59. The van der Waals surface area contributed by atoms with Gasteiger partial charge < -0.3 is 4.74 Å². The fourth-order valence-electron chi connectivity index (χ4n) is 3.61. The van der Waals surface area contributed by atoms with Crippen molar-refractivity contribution in [3.63, 3.8) is 0 Å². The van der Waals surface area contributed by atoms with Crippen LogP contribution in [-0.2, 0) is 0 Å². The highest BCUT2D eigenvalue weighted by Crippen LogP contribution is 2.40. The molecular formula is C21H21F3O. The van der Waals surface area contributed by atoms with E-state index in [9.17, 15) is 13.2 Å². The van der Waals surface area contributed by atoms with Crippen molar-refractivity contribution in [1.29, 1.82) is 0 Å². The molecule has 1 aliphatic rings. The third-order valence-corrected chi connectivity index (χ3v) is 5.02. The lowest BCUT2D eigenvalue weighted by molar-refractivity contribution is 0.343. The molecule has 1 saturated carbocycles. The van der Waals surface area contributed by atoms with E-state index in [2.05, 4.69) is 13.2 Å². The van der Waals surface area contributed by atoms with Crippen molar-refractivity contribution >= 4 is 10.8 Å². The average Bonchev–Trinajstić information content (AvgIpc) is 2.64. The SMILES string of the molecule is C=CCOc1ccc2cc(C3CCC(C=C)CC3)c(F)c(F)c2c1F. The van der Waals surface area contributed by atoms with Gasteiger partial charge in [-0.15, -0.1) is 6.58 Å². The highest BCUT2D eigenvalue weighted by molar-refractivity contribution is 5.86. The molecule has 132 valence electrons. The van der Waals surface area contributed by atoms with Gasteiger partial charge in [-0.1, -0.05) is 24.8 Å². The first-order valence-electron chi connectivity index (χ1n) is 8.53. The number of rotatable bonds is 5. The number of benzene rings is 2. The molecule has 0 heterocycles. The van der Waals surface area contributed by atoms with Crippen molar-refractivity contribution in [1.82, 2.24) is 0 Å². The number of hydrogen-bond acceptors (Lipinski definition) is 1.